The number of ether oxygens (including phenoxy) is 1. The number of thioether (sulfide) groups is 1. The molecule has 0 bridgehead atoms. The first-order valence-corrected chi connectivity index (χ1v) is 10.9. The van der Waals surface area contributed by atoms with Gasteiger partial charge in [-0.1, -0.05) is 78.5 Å². The van der Waals surface area contributed by atoms with Gasteiger partial charge in [-0.2, -0.15) is 0 Å². The van der Waals surface area contributed by atoms with Crippen molar-refractivity contribution >= 4 is 29.3 Å². The highest BCUT2D eigenvalue weighted by molar-refractivity contribution is 7.99. The molecule has 7 heteroatoms. The summed E-state index contributed by atoms with van der Waals surface area (Å²) in [6.07, 6.45) is 0. The molecule has 4 aromatic rings. The number of anilines is 1. The van der Waals surface area contributed by atoms with Crippen molar-refractivity contribution in [3.8, 4) is 22.5 Å². The third kappa shape index (κ3) is 5.07. The van der Waals surface area contributed by atoms with E-state index in [2.05, 4.69) is 10.3 Å². The quantitative estimate of drug-likeness (QED) is 0.301. The third-order valence-electron chi connectivity index (χ3n) is 4.70. The van der Waals surface area contributed by atoms with Crippen LogP contribution in [0.25, 0.3) is 22.5 Å². The van der Waals surface area contributed by atoms with Crippen LogP contribution in [0.3, 0.4) is 0 Å². The standard InChI is InChI=1S/C25H21N3O3S/c1-31-24(30)19-13-8-14-20(15-19)26-21(29)16-32-25-27-22(17-9-4-2-5-10-17)23(28-25)18-11-6-3-7-12-18/h2-15H,16H2,1H3,(H,26,29)(H,27,28). The van der Waals surface area contributed by atoms with Gasteiger partial charge in [0.15, 0.2) is 5.16 Å². The highest BCUT2D eigenvalue weighted by Crippen LogP contribution is 2.32. The van der Waals surface area contributed by atoms with Crippen molar-refractivity contribution in [2.75, 3.05) is 18.2 Å². The zero-order valence-corrected chi connectivity index (χ0v) is 18.2. The van der Waals surface area contributed by atoms with Gasteiger partial charge in [0, 0.05) is 16.8 Å². The lowest BCUT2D eigenvalue weighted by Crippen LogP contribution is -2.14. The first-order valence-electron chi connectivity index (χ1n) is 9.96. The van der Waals surface area contributed by atoms with Gasteiger partial charge in [0.1, 0.15) is 0 Å². The van der Waals surface area contributed by atoms with Crippen molar-refractivity contribution in [3.05, 3.63) is 90.5 Å². The van der Waals surface area contributed by atoms with Gasteiger partial charge in [-0.25, -0.2) is 9.78 Å². The number of esters is 1. The smallest absolute Gasteiger partial charge is 0.337 e. The van der Waals surface area contributed by atoms with Crippen molar-refractivity contribution in [2.24, 2.45) is 0 Å². The fraction of sp³-hybridized carbons (Fsp3) is 0.0800. The van der Waals surface area contributed by atoms with E-state index in [0.717, 1.165) is 22.5 Å². The lowest BCUT2D eigenvalue weighted by molar-refractivity contribution is -0.113. The number of imidazole rings is 1. The number of nitrogens with zero attached hydrogens (tertiary/aromatic N) is 1. The molecule has 0 radical (unpaired) electrons. The third-order valence-corrected chi connectivity index (χ3v) is 5.57. The Labute approximate surface area is 190 Å². The van der Waals surface area contributed by atoms with Gasteiger partial charge in [0.05, 0.1) is 29.8 Å². The number of amides is 1. The van der Waals surface area contributed by atoms with Crippen LogP contribution in [0.4, 0.5) is 5.69 Å². The summed E-state index contributed by atoms with van der Waals surface area (Å²) in [6, 6.07) is 26.6. The number of hydrogen-bond acceptors (Lipinski definition) is 5. The van der Waals surface area contributed by atoms with E-state index in [1.165, 1.54) is 18.9 Å². The van der Waals surface area contributed by atoms with Crippen LogP contribution in [0.1, 0.15) is 10.4 Å². The van der Waals surface area contributed by atoms with Gasteiger partial charge in [-0.3, -0.25) is 4.79 Å². The Morgan fingerprint density at radius 2 is 1.62 bits per heavy atom. The van der Waals surface area contributed by atoms with Crippen LogP contribution >= 0.6 is 11.8 Å². The number of rotatable bonds is 7. The highest BCUT2D eigenvalue weighted by atomic mass is 32.2. The number of hydrogen-bond donors (Lipinski definition) is 2. The first-order chi connectivity index (χ1) is 15.6. The molecule has 0 unspecified atom stereocenters. The highest BCUT2D eigenvalue weighted by Gasteiger charge is 2.15. The van der Waals surface area contributed by atoms with Gasteiger partial charge in [0.2, 0.25) is 5.91 Å². The summed E-state index contributed by atoms with van der Waals surface area (Å²) in [4.78, 5) is 32.3. The summed E-state index contributed by atoms with van der Waals surface area (Å²) >= 11 is 1.32. The summed E-state index contributed by atoms with van der Waals surface area (Å²) in [5, 5.41) is 3.46. The topological polar surface area (TPSA) is 84.1 Å². The van der Waals surface area contributed by atoms with Crippen molar-refractivity contribution in [1.29, 1.82) is 0 Å². The molecule has 32 heavy (non-hydrogen) atoms. The second-order valence-electron chi connectivity index (χ2n) is 6.91. The SMILES string of the molecule is COC(=O)c1cccc(NC(=O)CSc2nc(-c3ccccc3)c(-c3ccccc3)[nH]2)c1. The molecule has 4 rings (SSSR count). The Bertz CT molecular complexity index is 1170. The molecule has 0 aliphatic heterocycles. The average molecular weight is 444 g/mol. The molecule has 0 saturated heterocycles. The minimum absolute atomic E-state index is 0.165. The van der Waals surface area contributed by atoms with Crippen molar-refractivity contribution in [3.63, 3.8) is 0 Å². The first kappa shape index (κ1) is 21.4. The van der Waals surface area contributed by atoms with Gasteiger partial charge in [-0.05, 0) is 18.2 Å². The summed E-state index contributed by atoms with van der Waals surface area (Å²) in [6.45, 7) is 0. The Balaban J connectivity index is 1.50. The van der Waals surface area contributed by atoms with Gasteiger partial charge in [0.25, 0.3) is 0 Å². The minimum atomic E-state index is -0.451. The van der Waals surface area contributed by atoms with Crippen LogP contribution in [0.15, 0.2) is 90.1 Å². The van der Waals surface area contributed by atoms with Crippen LogP contribution in [-0.2, 0) is 9.53 Å². The fourth-order valence-corrected chi connectivity index (χ4v) is 3.88. The Morgan fingerprint density at radius 3 is 2.31 bits per heavy atom. The molecule has 0 fully saturated rings. The molecule has 0 aliphatic rings. The number of H-pyrrole nitrogens is 1. The zero-order chi connectivity index (χ0) is 22.3. The second kappa shape index (κ2) is 9.98. The predicted molar refractivity (Wildman–Crippen MR) is 127 cm³/mol. The van der Waals surface area contributed by atoms with Crippen LogP contribution in [0, 0.1) is 0 Å². The van der Waals surface area contributed by atoms with E-state index in [1.54, 1.807) is 24.3 Å². The normalized spacial score (nSPS) is 10.5. The van der Waals surface area contributed by atoms with Crippen molar-refractivity contribution < 1.29 is 14.3 Å². The molecule has 3 aromatic carbocycles. The molecule has 1 aromatic heterocycles. The van der Waals surface area contributed by atoms with Crippen LogP contribution in [0.2, 0.25) is 0 Å². The van der Waals surface area contributed by atoms with E-state index in [0.29, 0.717) is 16.4 Å². The van der Waals surface area contributed by atoms with Gasteiger partial charge in [-0.15, -0.1) is 0 Å². The maximum atomic E-state index is 12.5. The number of benzene rings is 3. The number of nitrogens with one attached hydrogen (secondary N) is 2. The van der Waals surface area contributed by atoms with Gasteiger partial charge < -0.3 is 15.0 Å². The maximum absolute atomic E-state index is 12.5. The summed E-state index contributed by atoms with van der Waals surface area (Å²) in [7, 11) is 1.32. The molecular formula is C25H21N3O3S. The molecule has 2 N–H and O–H groups in total. The van der Waals surface area contributed by atoms with Crippen LogP contribution in [0.5, 0.6) is 0 Å². The molecule has 0 spiro atoms. The van der Waals surface area contributed by atoms with E-state index in [-0.39, 0.29) is 11.7 Å². The van der Waals surface area contributed by atoms with Crippen molar-refractivity contribution in [1.82, 2.24) is 9.97 Å². The maximum Gasteiger partial charge on any atom is 0.337 e. The summed E-state index contributed by atoms with van der Waals surface area (Å²) in [5.74, 6) is -0.484. The Kier molecular flexibility index (Phi) is 6.67. The van der Waals surface area contributed by atoms with Crippen LogP contribution < -0.4 is 5.32 Å². The monoisotopic (exact) mass is 443 g/mol. The Morgan fingerprint density at radius 1 is 0.938 bits per heavy atom. The number of methoxy groups -OCH3 is 1. The molecule has 0 atom stereocenters. The molecule has 160 valence electrons. The van der Waals surface area contributed by atoms with E-state index in [4.69, 9.17) is 9.72 Å². The predicted octanol–water partition coefficient (Wildman–Crippen LogP) is 5.26. The Hall–Kier alpha value is -3.84. The fourth-order valence-electron chi connectivity index (χ4n) is 3.21. The van der Waals surface area contributed by atoms with E-state index in [1.807, 2.05) is 60.7 Å². The molecule has 1 heterocycles. The van der Waals surface area contributed by atoms with Crippen molar-refractivity contribution in [2.45, 2.75) is 5.16 Å². The summed E-state index contributed by atoms with van der Waals surface area (Å²) < 4.78 is 4.72. The summed E-state index contributed by atoms with van der Waals surface area (Å²) in [5.41, 5.74) is 4.68. The zero-order valence-electron chi connectivity index (χ0n) is 17.4. The van der Waals surface area contributed by atoms with Crippen LogP contribution in [-0.4, -0.2) is 34.7 Å². The molecule has 0 saturated carbocycles. The number of carbonyl (C=O) groups is 2. The van der Waals surface area contributed by atoms with E-state index in [9.17, 15) is 9.59 Å². The number of aromatic nitrogens is 2. The van der Waals surface area contributed by atoms with E-state index < -0.39 is 5.97 Å². The second-order valence-corrected chi connectivity index (χ2v) is 7.87. The largest absolute Gasteiger partial charge is 0.465 e. The number of aromatic amines is 1. The van der Waals surface area contributed by atoms with E-state index >= 15 is 0 Å². The van der Waals surface area contributed by atoms with Gasteiger partial charge >= 0.3 is 5.97 Å². The lowest BCUT2D eigenvalue weighted by atomic mass is 10.1. The lowest BCUT2D eigenvalue weighted by Gasteiger charge is -2.06. The molecule has 0 aliphatic carbocycles. The molecule has 6 nitrogen and oxygen atoms in total. The molecule has 1 amide bonds. The number of carbonyl (C=O) groups excluding carboxylic acids is 2. The average Bonchev–Trinajstić information content (AvgIpc) is 3.28. The molecular weight excluding hydrogens is 422 g/mol. The minimum Gasteiger partial charge on any atom is -0.465 e.